The van der Waals surface area contributed by atoms with Crippen molar-refractivity contribution in [3.05, 3.63) is 237 Å². The molecule has 0 atom stereocenters. The first-order chi connectivity index (χ1) is 29.0. The summed E-state index contributed by atoms with van der Waals surface area (Å²) in [5.74, 6) is 2.41. The summed E-state index contributed by atoms with van der Waals surface area (Å²) in [5.41, 5.74) is 22.1. The van der Waals surface area contributed by atoms with Gasteiger partial charge in [0.05, 0.1) is 0 Å². The van der Waals surface area contributed by atoms with Gasteiger partial charge < -0.3 is 15.3 Å². The van der Waals surface area contributed by atoms with Crippen molar-refractivity contribution in [1.82, 2.24) is 0 Å². The van der Waals surface area contributed by atoms with Crippen LogP contribution in [0.4, 0.5) is 0 Å². The number of allylic oxidation sites excluding steroid dienone is 8. The predicted octanol–water partition coefficient (Wildman–Crippen LogP) is 13.0. The third kappa shape index (κ3) is 10.2. The zero-order valence-corrected chi connectivity index (χ0v) is 38.4. The van der Waals surface area contributed by atoms with Crippen molar-refractivity contribution in [2.24, 2.45) is 0 Å². The van der Waals surface area contributed by atoms with Crippen LogP contribution in [0.3, 0.4) is 0 Å². The van der Waals surface area contributed by atoms with Gasteiger partial charge in [0.15, 0.2) is 0 Å². The molecule has 0 fully saturated rings. The zero-order valence-electron chi connectivity index (χ0n) is 36.0. The minimum atomic E-state index is 0. The van der Waals surface area contributed by atoms with E-state index in [1.807, 2.05) is 11.8 Å². The first-order valence-corrected chi connectivity index (χ1v) is 21.3. The molecule has 3 N–H and O–H groups in total. The quantitative estimate of drug-likeness (QED) is 0.120. The summed E-state index contributed by atoms with van der Waals surface area (Å²) in [6, 6.07) is 62.2. The molecule has 8 rings (SSSR count). The molecule has 0 amide bonds. The van der Waals surface area contributed by atoms with Crippen molar-refractivity contribution in [3.8, 4) is 0 Å². The van der Waals surface area contributed by atoms with E-state index in [1.54, 1.807) is 0 Å². The maximum atomic E-state index is 7.00. The topological polar surface area (TPSA) is 60.7 Å². The molecule has 5 heteroatoms. The van der Waals surface area contributed by atoms with Gasteiger partial charge in [0.25, 0.3) is 0 Å². The summed E-state index contributed by atoms with van der Waals surface area (Å²) in [5, 5.41) is 21.0. The summed E-state index contributed by atoms with van der Waals surface area (Å²) >= 11 is 2.03. The Morgan fingerprint density at radius 2 is 0.550 bits per heavy atom. The van der Waals surface area contributed by atoms with Gasteiger partial charge >= 0.3 is 0 Å². The molecule has 6 aromatic carbocycles. The molecule has 0 unspecified atom stereocenters. The average Bonchev–Trinajstić information content (AvgIpc) is 3.73. The summed E-state index contributed by atoms with van der Waals surface area (Å²) in [7, 11) is 3.00. The Bertz CT molecular complexity index is 2110. The van der Waals surface area contributed by atoms with E-state index in [4.69, 9.17) is 15.3 Å². The van der Waals surface area contributed by atoms with Crippen LogP contribution in [0.1, 0.15) is 84.0 Å². The standard InChI is InChI=1S/C52H46S.3CH4O.Ti/c1-35-47(36(2)50(40-23-11-6-12-24-40)49(35)39-21-9-5-10-22-39)45-31-19-17-29-43(45)33-53-34-44-30-18-20-32-46(44)48-37(3)51(41-25-13-7-14-26-41)52(38(48)4)42-27-15-8-16-28-42;3*1-2;/h5-32,47-48H,33-34H2,1-4H3;3*2H,1H3;. The van der Waals surface area contributed by atoms with E-state index in [0.717, 1.165) is 32.8 Å². The minimum Gasteiger partial charge on any atom is -0.400 e. The molecular weight excluding hydrogens is 789 g/mol. The van der Waals surface area contributed by atoms with E-state index in [9.17, 15) is 0 Å². The van der Waals surface area contributed by atoms with Gasteiger partial charge in [0.1, 0.15) is 0 Å². The van der Waals surface area contributed by atoms with Crippen molar-refractivity contribution < 1.29 is 37.0 Å². The molecule has 0 spiro atoms. The van der Waals surface area contributed by atoms with E-state index in [2.05, 4.69) is 198 Å². The van der Waals surface area contributed by atoms with E-state index >= 15 is 0 Å². The molecule has 0 aliphatic heterocycles. The summed E-state index contributed by atoms with van der Waals surface area (Å²) in [6.45, 7) is 9.42. The molecule has 0 radical (unpaired) electrons. The van der Waals surface area contributed by atoms with Crippen molar-refractivity contribution >= 4 is 34.1 Å². The van der Waals surface area contributed by atoms with Crippen LogP contribution in [0.15, 0.2) is 192 Å². The number of hydrogen-bond donors (Lipinski definition) is 3. The van der Waals surface area contributed by atoms with E-state index in [-0.39, 0.29) is 33.6 Å². The maximum Gasteiger partial charge on any atom is 0.0319 e. The maximum absolute atomic E-state index is 7.00. The third-order valence-corrected chi connectivity index (χ3v) is 12.3. The second-order valence-corrected chi connectivity index (χ2v) is 15.4. The van der Waals surface area contributed by atoms with Gasteiger partial charge in [-0.2, -0.15) is 11.8 Å². The number of hydrogen-bond acceptors (Lipinski definition) is 4. The predicted molar refractivity (Wildman–Crippen MR) is 254 cm³/mol. The average molecular weight is 847 g/mol. The number of rotatable bonds is 10. The Morgan fingerprint density at radius 1 is 0.333 bits per heavy atom. The van der Waals surface area contributed by atoms with Crippen molar-refractivity contribution in [2.45, 2.75) is 51.0 Å². The smallest absolute Gasteiger partial charge is 0.0319 e. The van der Waals surface area contributed by atoms with Crippen LogP contribution in [0.25, 0.3) is 22.3 Å². The number of thioether (sulfide) groups is 1. The molecule has 0 saturated heterocycles. The van der Waals surface area contributed by atoms with Gasteiger partial charge in [-0.3, -0.25) is 0 Å². The van der Waals surface area contributed by atoms with Crippen LogP contribution < -0.4 is 0 Å². The normalized spacial score (nSPS) is 13.8. The Morgan fingerprint density at radius 3 is 0.800 bits per heavy atom. The van der Waals surface area contributed by atoms with E-state index < -0.39 is 0 Å². The van der Waals surface area contributed by atoms with Crippen LogP contribution in [-0.2, 0) is 33.2 Å². The first kappa shape index (κ1) is 47.9. The Balaban J connectivity index is 0.00000109. The largest absolute Gasteiger partial charge is 0.400 e. The van der Waals surface area contributed by atoms with Crippen molar-refractivity contribution in [1.29, 1.82) is 0 Å². The van der Waals surface area contributed by atoms with Crippen LogP contribution in [-0.4, -0.2) is 36.6 Å². The van der Waals surface area contributed by atoms with Gasteiger partial charge in [-0.25, -0.2) is 0 Å². The van der Waals surface area contributed by atoms with Crippen molar-refractivity contribution in [3.63, 3.8) is 0 Å². The second kappa shape index (κ2) is 23.9. The number of aliphatic hydroxyl groups is 3. The van der Waals surface area contributed by atoms with E-state index in [0.29, 0.717) is 0 Å². The molecule has 306 valence electrons. The Labute approximate surface area is 377 Å². The molecule has 3 nitrogen and oxygen atoms in total. The molecule has 0 aromatic heterocycles. The van der Waals surface area contributed by atoms with Crippen LogP contribution in [0, 0.1) is 0 Å². The van der Waals surface area contributed by atoms with Gasteiger partial charge in [-0.1, -0.05) is 192 Å². The molecule has 0 saturated carbocycles. The molecule has 2 aliphatic rings. The molecule has 0 heterocycles. The van der Waals surface area contributed by atoms with Crippen LogP contribution in [0.2, 0.25) is 0 Å². The molecule has 2 aliphatic carbocycles. The summed E-state index contributed by atoms with van der Waals surface area (Å²) in [6.07, 6.45) is 0. The van der Waals surface area contributed by atoms with Gasteiger partial charge in [-0.15, -0.1) is 0 Å². The summed E-state index contributed by atoms with van der Waals surface area (Å²) in [4.78, 5) is 0. The fourth-order valence-corrected chi connectivity index (χ4v) is 10.1. The second-order valence-electron chi connectivity index (χ2n) is 14.5. The number of benzene rings is 6. The SMILES string of the molecule is CC1=C(c2ccccc2)C(c2ccccc2)=C(C)C1c1ccccc1CSCc1ccccc1C1C(C)=C(c2ccccc2)C(c2ccccc2)=C1C.CO.CO.CO.[Ti]. The fourth-order valence-electron chi connectivity index (χ4n) is 9.02. The zero-order chi connectivity index (χ0) is 42.3. The Kier molecular flexibility index (Phi) is 19.1. The minimum absolute atomic E-state index is 0. The number of aliphatic hydroxyl groups excluding tert-OH is 3. The van der Waals surface area contributed by atoms with Crippen LogP contribution >= 0.6 is 11.8 Å². The van der Waals surface area contributed by atoms with E-state index in [1.165, 1.54) is 89.1 Å². The molecular formula is C55H58O3STi. The van der Waals surface area contributed by atoms with Crippen molar-refractivity contribution in [2.75, 3.05) is 21.3 Å². The fraction of sp³-hybridized carbons (Fsp3) is 0.200. The molecule has 6 aromatic rings. The monoisotopic (exact) mass is 846 g/mol. The third-order valence-electron chi connectivity index (χ3n) is 11.3. The summed E-state index contributed by atoms with van der Waals surface area (Å²) < 4.78 is 0. The molecule has 60 heavy (non-hydrogen) atoms. The van der Waals surface area contributed by atoms with Crippen LogP contribution in [0.5, 0.6) is 0 Å². The van der Waals surface area contributed by atoms with Gasteiger partial charge in [0.2, 0.25) is 0 Å². The first-order valence-electron chi connectivity index (χ1n) is 20.2. The Hall–Kier alpha value is -4.78. The van der Waals surface area contributed by atoms with Gasteiger partial charge in [-0.05, 0) is 94.5 Å². The van der Waals surface area contributed by atoms with Gasteiger partial charge in [0, 0.05) is 66.4 Å². The molecule has 0 bridgehead atoms.